The van der Waals surface area contributed by atoms with E-state index >= 15 is 0 Å². The summed E-state index contributed by atoms with van der Waals surface area (Å²) in [6.45, 7) is 3.98. The van der Waals surface area contributed by atoms with Gasteiger partial charge in [0.15, 0.2) is 0 Å². The maximum absolute atomic E-state index is 14.8. The largest absolute Gasteiger partial charge is 0.335 e. The van der Waals surface area contributed by atoms with Gasteiger partial charge in [-0.15, -0.1) is 16.4 Å². The SMILES string of the molecule is CCN(C)C(=O)NC1CCC(CS(=O)(=O)NNC(=O)C2CC(C3CN(C)CN3)CC(Cl)C2F)C1. The smallest absolute Gasteiger partial charge is 0.317 e. The van der Waals surface area contributed by atoms with Crippen molar-refractivity contribution in [2.24, 2.45) is 17.8 Å². The van der Waals surface area contributed by atoms with Gasteiger partial charge in [-0.05, 0) is 57.9 Å². The van der Waals surface area contributed by atoms with Crippen LogP contribution < -0.4 is 20.9 Å². The molecule has 2 aliphatic carbocycles. The molecule has 1 saturated heterocycles. The average Bonchev–Trinajstić information content (AvgIpc) is 3.41. The summed E-state index contributed by atoms with van der Waals surface area (Å²) in [5.41, 5.74) is 2.22. The second-order valence-electron chi connectivity index (χ2n) is 10.0. The minimum atomic E-state index is -3.82. The van der Waals surface area contributed by atoms with Crippen LogP contribution in [0, 0.1) is 17.8 Å². The van der Waals surface area contributed by atoms with E-state index in [1.807, 2.05) is 14.0 Å². The zero-order valence-electron chi connectivity index (χ0n) is 20.1. The van der Waals surface area contributed by atoms with E-state index in [0.29, 0.717) is 38.6 Å². The molecular weight excluding hydrogens is 487 g/mol. The minimum absolute atomic E-state index is 0.0317. The highest BCUT2D eigenvalue weighted by molar-refractivity contribution is 7.89. The van der Waals surface area contributed by atoms with Crippen LogP contribution in [0.5, 0.6) is 0 Å². The van der Waals surface area contributed by atoms with E-state index in [4.69, 9.17) is 11.6 Å². The van der Waals surface area contributed by atoms with Gasteiger partial charge >= 0.3 is 6.03 Å². The molecule has 1 heterocycles. The fraction of sp³-hybridized carbons (Fsp3) is 0.905. The Balaban J connectivity index is 1.48. The Morgan fingerprint density at radius 2 is 1.97 bits per heavy atom. The van der Waals surface area contributed by atoms with Crippen molar-refractivity contribution in [2.75, 3.05) is 39.6 Å². The molecule has 196 valence electrons. The Morgan fingerprint density at radius 3 is 2.62 bits per heavy atom. The van der Waals surface area contributed by atoms with Gasteiger partial charge in [-0.2, -0.15) is 0 Å². The highest BCUT2D eigenvalue weighted by Gasteiger charge is 2.44. The molecule has 3 aliphatic rings. The van der Waals surface area contributed by atoms with Gasteiger partial charge in [0.1, 0.15) is 6.17 Å². The van der Waals surface area contributed by atoms with Crippen LogP contribution in [-0.4, -0.2) is 93.4 Å². The van der Waals surface area contributed by atoms with Gasteiger partial charge in [0.2, 0.25) is 15.9 Å². The number of sulfonamides is 1. The van der Waals surface area contributed by atoms with Crippen molar-refractivity contribution in [1.82, 2.24) is 30.7 Å². The van der Waals surface area contributed by atoms with Crippen LogP contribution in [-0.2, 0) is 14.8 Å². The number of alkyl halides is 2. The molecule has 3 fully saturated rings. The van der Waals surface area contributed by atoms with Crippen molar-refractivity contribution in [3.63, 3.8) is 0 Å². The molecule has 4 N–H and O–H groups in total. The number of nitrogens with zero attached hydrogens (tertiary/aromatic N) is 2. The van der Waals surface area contributed by atoms with Gasteiger partial charge in [0, 0.05) is 38.9 Å². The van der Waals surface area contributed by atoms with Crippen LogP contribution in [0.2, 0.25) is 0 Å². The van der Waals surface area contributed by atoms with Crippen LogP contribution in [0.4, 0.5) is 9.18 Å². The first-order valence-electron chi connectivity index (χ1n) is 12.0. The predicted octanol–water partition coefficient (Wildman–Crippen LogP) is 0.600. The summed E-state index contributed by atoms with van der Waals surface area (Å²) in [6, 6.07) is -0.129. The topological polar surface area (TPSA) is 123 Å². The molecule has 10 nitrogen and oxygen atoms in total. The summed E-state index contributed by atoms with van der Waals surface area (Å²) in [6.07, 6.45) is 1.14. The average molecular weight is 525 g/mol. The van der Waals surface area contributed by atoms with E-state index in [0.717, 1.165) is 13.2 Å². The quantitative estimate of drug-likeness (QED) is 0.272. The molecule has 0 spiro atoms. The maximum atomic E-state index is 14.8. The van der Waals surface area contributed by atoms with Crippen LogP contribution in [0.15, 0.2) is 0 Å². The Labute approximate surface area is 206 Å². The van der Waals surface area contributed by atoms with E-state index in [9.17, 15) is 22.4 Å². The fourth-order valence-corrected chi connectivity index (χ4v) is 6.88. The second-order valence-corrected chi connectivity index (χ2v) is 12.3. The molecule has 0 aromatic heterocycles. The third kappa shape index (κ3) is 7.16. The molecule has 0 radical (unpaired) electrons. The molecule has 7 atom stereocenters. The first-order valence-corrected chi connectivity index (χ1v) is 14.1. The zero-order valence-corrected chi connectivity index (χ0v) is 21.7. The van der Waals surface area contributed by atoms with Crippen LogP contribution in [0.1, 0.15) is 39.0 Å². The van der Waals surface area contributed by atoms with Crippen molar-refractivity contribution >= 4 is 33.6 Å². The number of carbonyl (C=O) groups is 2. The molecule has 34 heavy (non-hydrogen) atoms. The van der Waals surface area contributed by atoms with Gasteiger partial charge in [0.25, 0.3) is 0 Å². The van der Waals surface area contributed by atoms with Crippen molar-refractivity contribution in [3.8, 4) is 0 Å². The molecule has 1 aliphatic heterocycles. The number of hydrogen-bond acceptors (Lipinski definition) is 6. The summed E-state index contributed by atoms with van der Waals surface area (Å²) in [7, 11) is -0.139. The highest BCUT2D eigenvalue weighted by atomic mass is 35.5. The predicted molar refractivity (Wildman–Crippen MR) is 128 cm³/mol. The number of carbonyl (C=O) groups excluding carboxylic acids is 2. The van der Waals surface area contributed by atoms with E-state index < -0.39 is 33.4 Å². The third-order valence-electron chi connectivity index (χ3n) is 7.33. The Hall–Kier alpha value is -1.21. The Morgan fingerprint density at radius 1 is 1.24 bits per heavy atom. The lowest BCUT2D eigenvalue weighted by Crippen LogP contribution is -2.52. The number of nitrogens with one attached hydrogen (secondary N) is 4. The van der Waals surface area contributed by atoms with E-state index in [2.05, 4.69) is 25.8 Å². The molecule has 3 rings (SSSR count). The third-order valence-corrected chi connectivity index (χ3v) is 9.07. The number of hydrogen-bond donors (Lipinski definition) is 4. The zero-order chi connectivity index (χ0) is 25.0. The minimum Gasteiger partial charge on any atom is -0.335 e. The first kappa shape index (κ1) is 27.4. The highest BCUT2D eigenvalue weighted by Crippen LogP contribution is 2.37. The lowest BCUT2D eigenvalue weighted by atomic mass is 9.76. The Kier molecular flexibility index (Phi) is 9.41. The molecule has 0 bridgehead atoms. The fourth-order valence-electron chi connectivity index (χ4n) is 5.22. The number of amides is 3. The van der Waals surface area contributed by atoms with Crippen LogP contribution >= 0.6 is 11.6 Å². The number of likely N-dealkylation sites (N-methyl/N-ethyl adjacent to an activating group) is 1. The van der Waals surface area contributed by atoms with Crippen LogP contribution in [0.3, 0.4) is 0 Å². The standard InChI is InChI=1S/C21H38ClFN6O4S/c1-4-29(3)21(31)25-15-6-5-13(7-15)11-34(32,33)27-26-20(30)16-8-14(9-17(22)19(16)23)18-10-28(2)12-24-18/h13-19,24,27H,4-12H2,1-3H3,(H,25,31)(H,26,30). The number of halogens is 2. The molecular formula is C21H38ClFN6O4S. The van der Waals surface area contributed by atoms with E-state index in [1.54, 1.807) is 11.9 Å². The lowest BCUT2D eigenvalue weighted by molar-refractivity contribution is -0.129. The lowest BCUT2D eigenvalue weighted by Gasteiger charge is -2.37. The second kappa shape index (κ2) is 11.7. The summed E-state index contributed by atoms with van der Waals surface area (Å²) in [4.78, 5) is 30.5. The van der Waals surface area contributed by atoms with Crippen LogP contribution in [0.25, 0.3) is 0 Å². The van der Waals surface area contributed by atoms with E-state index in [-0.39, 0.29) is 35.7 Å². The number of rotatable bonds is 8. The van der Waals surface area contributed by atoms with Gasteiger partial charge in [0.05, 0.1) is 17.0 Å². The van der Waals surface area contributed by atoms with Crippen molar-refractivity contribution < 1.29 is 22.4 Å². The summed E-state index contributed by atoms with van der Waals surface area (Å²) >= 11 is 6.23. The first-order chi connectivity index (χ1) is 16.0. The van der Waals surface area contributed by atoms with Gasteiger partial charge in [-0.3, -0.25) is 20.4 Å². The number of urea groups is 1. The van der Waals surface area contributed by atoms with Crippen molar-refractivity contribution in [2.45, 2.75) is 62.7 Å². The normalized spacial score (nSPS) is 34.7. The molecule has 13 heteroatoms. The molecule has 0 aromatic carbocycles. The summed E-state index contributed by atoms with van der Waals surface area (Å²) in [5.74, 6) is -2.00. The monoisotopic (exact) mass is 524 g/mol. The van der Waals surface area contributed by atoms with E-state index in [1.165, 1.54) is 0 Å². The van der Waals surface area contributed by atoms with Gasteiger partial charge < -0.3 is 10.2 Å². The maximum Gasteiger partial charge on any atom is 0.317 e. The Bertz CT molecular complexity index is 836. The van der Waals surface area contributed by atoms with Crippen molar-refractivity contribution in [3.05, 3.63) is 0 Å². The molecule has 2 saturated carbocycles. The van der Waals surface area contributed by atoms with Crippen molar-refractivity contribution in [1.29, 1.82) is 0 Å². The molecule has 0 aromatic rings. The van der Waals surface area contributed by atoms with Gasteiger partial charge in [-0.25, -0.2) is 17.6 Å². The summed E-state index contributed by atoms with van der Waals surface area (Å²) in [5, 5.41) is 5.49. The summed E-state index contributed by atoms with van der Waals surface area (Å²) < 4.78 is 39.9. The molecule has 7 unspecified atom stereocenters. The molecule has 3 amide bonds. The van der Waals surface area contributed by atoms with Gasteiger partial charge in [-0.1, -0.05) is 0 Å². The number of hydrazine groups is 1.